The monoisotopic (exact) mass is 395 g/mol. The highest BCUT2D eigenvalue weighted by Crippen LogP contribution is 2.30. The number of carbonyl (C=O) groups is 4. The Morgan fingerprint density at radius 2 is 1.72 bits per heavy atom. The van der Waals surface area contributed by atoms with Crippen LogP contribution in [-0.4, -0.2) is 44.4 Å². The third-order valence-corrected chi connectivity index (χ3v) is 5.06. The van der Waals surface area contributed by atoms with Crippen LogP contribution in [0.15, 0.2) is 34.1 Å². The minimum absolute atomic E-state index is 0.0545. The minimum atomic E-state index is -0.696. The Morgan fingerprint density at radius 1 is 1.08 bits per heavy atom. The van der Waals surface area contributed by atoms with Gasteiger partial charge in [0.15, 0.2) is 10.3 Å². The van der Waals surface area contributed by atoms with E-state index in [1.54, 1.807) is 10.8 Å². The van der Waals surface area contributed by atoms with Crippen LogP contribution in [0.2, 0.25) is 0 Å². The van der Waals surface area contributed by atoms with Crippen LogP contribution < -0.4 is 10.6 Å². The molecule has 9 nitrogen and oxygen atoms in total. The smallest absolute Gasteiger partial charge is 0.294 e. The molecule has 12 heteroatoms. The number of amides is 4. The molecule has 128 valence electrons. The van der Waals surface area contributed by atoms with E-state index in [4.69, 9.17) is 0 Å². The van der Waals surface area contributed by atoms with Crippen molar-refractivity contribution in [3.05, 3.63) is 34.1 Å². The molecule has 3 heterocycles. The molecule has 1 fully saturated rings. The van der Waals surface area contributed by atoms with Crippen molar-refractivity contribution in [3.8, 4) is 0 Å². The second-order valence-electron chi connectivity index (χ2n) is 4.48. The lowest BCUT2D eigenvalue weighted by molar-refractivity contribution is -0.127. The van der Waals surface area contributed by atoms with Gasteiger partial charge in [0, 0.05) is 29.2 Å². The number of hydrogen-bond acceptors (Lipinski definition) is 9. The summed E-state index contributed by atoms with van der Waals surface area (Å²) in [6.07, 6.45) is 4.06. The molecule has 2 N–H and O–H groups in total. The Morgan fingerprint density at radius 3 is 2.32 bits per heavy atom. The molecule has 25 heavy (non-hydrogen) atoms. The first-order chi connectivity index (χ1) is 12.0. The maximum absolute atomic E-state index is 12.2. The van der Waals surface area contributed by atoms with Gasteiger partial charge in [-0.25, -0.2) is 9.97 Å². The van der Waals surface area contributed by atoms with Gasteiger partial charge >= 0.3 is 0 Å². The minimum Gasteiger partial charge on any atom is -0.300 e. The second-order valence-corrected chi connectivity index (χ2v) is 7.26. The fraction of sp³-hybridized carbons (Fsp3) is 0.0769. The van der Waals surface area contributed by atoms with Crippen molar-refractivity contribution in [2.24, 2.45) is 0 Å². The Bertz CT molecular complexity index is 847. The van der Waals surface area contributed by atoms with Crippen molar-refractivity contribution in [1.29, 1.82) is 0 Å². The SMILES string of the molecule is O=C(/C=C1\SC(=O)N(CC(=O)Nc2nccs2)C1=O)Nc1nccs1. The van der Waals surface area contributed by atoms with Crippen LogP contribution in [-0.2, 0) is 14.4 Å². The van der Waals surface area contributed by atoms with E-state index in [1.807, 2.05) is 0 Å². The van der Waals surface area contributed by atoms with Crippen LogP contribution in [0.3, 0.4) is 0 Å². The summed E-state index contributed by atoms with van der Waals surface area (Å²) in [4.78, 5) is 56.4. The van der Waals surface area contributed by atoms with Gasteiger partial charge in [0.25, 0.3) is 17.1 Å². The number of imide groups is 1. The standard InChI is InChI=1S/C13H9N5O4S3/c19-8(16-11-14-1-3-23-11)5-7-10(21)18(13(22)25-7)6-9(20)17-12-15-2-4-24-12/h1-5H,6H2,(H,14,16,19)(H,15,17,20)/b7-5-. The van der Waals surface area contributed by atoms with Crippen LogP contribution in [0, 0.1) is 0 Å². The predicted octanol–water partition coefficient (Wildman–Crippen LogP) is 1.76. The zero-order valence-corrected chi connectivity index (χ0v) is 14.7. The molecule has 1 aliphatic rings. The van der Waals surface area contributed by atoms with Gasteiger partial charge in [-0.3, -0.25) is 29.4 Å². The summed E-state index contributed by atoms with van der Waals surface area (Å²) in [5.74, 6) is -1.82. The molecular formula is C13H9N5O4S3. The summed E-state index contributed by atoms with van der Waals surface area (Å²) in [7, 11) is 0. The average molecular weight is 395 g/mol. The fourth-order valence-corrected chi connectivity index (χ4v) is 3.66. The van der Waals surface area contributed by atoms with Crippen molar-refractivity contribution in [2.75, 3.05) is 17.2 Å². The summed E-state index contributed by atoms with van der Waals surface area (Å²) in [6, 6.07) is 0. The van der Waals surface area contributed by atoms with E-state index in [0.717, 1.165) is 11.0 Å². The van der Waals surface area contributed by atoms with Crippen molar-refractivity contribution in [3.63, 3.8) is 0 Å². The van der Waals surface area contributed by atoms with E-state index in [-0.39, 0.29) is 4.91 Å². The Balaban J connectivity index is 1.62. The number of thioether (sulfide) groups is 1. The number of hydrogen-bond donors (Lipinski definition) is 2. The van der Waals surface area contributed by atoms with Crippen LogP contribution in [0.1, 0.15) is 0 Å². The molecular weight excluding hydrogens is 386 g/mol. The zero-order valence-electron chi connectivity index (χ0n) is 12.3. The number of nitrogens with zero attached hydrogens (tertiary/aromatic N) is 3. The van der Waals surface area contributed by atoms with Crippen molar-refractivity contribution in [1.82, 2.24) is 14.9 Å². The summed E-state index contributed by atoms with van der Waals surface area (Å²) in [5, 5.41) is 8.46. The first kappa shape index (κ1) is 17.3. The lowest BCUT2D eigenvalue weighted by atomic mass is 10.4. The molecule has 0 aromatic carbocycles. The lowest BCUT2D eigenvalue weighted by Crippen LogP contribution is -2.36. The Labute approximate surface area is 153 Å². The molecule has 0 radical (unpaired) electrons. The number of anilines is 2. The van der Waals surface area contributed by atoms with E-state index < -0.39 is 29.5 Å². The van der Waals surface area contributed by atoms with E-state index in [0.29, 0.717) is 22.0 Å². The van der Waals surface area contributed by atoms with Gasteiger partial charge in [0.2, 0.25) is 5.91 Å². The summed E-state index contributed by atoms with van der Waals surface area (Å²) in [6.45, 7) is -0.449. The van der Waals surface area contributed by atoms with Crippen LogP contribution in [0.4, 0.5) is 15.1 Å². The largest absolute Gasteiger partial charge is 0.300 e. The van der Waals surface area contributed by atoms with Gasteiger partial charge in [0.05, 0.1) is 4.91 Å². The molecule has 0 spiro atoms. The zero-order chi connectivity index (χ0) is 17.8. The average Bonchev–Trinajstić information content (AvgIpc) is 3.28. The van der Waals surface area contributed by atoms with E-state index >= 15 is 0 Å². The van der Waals surface area contributed by atoms with Gasteiger partial charge in [0.1, 0.15) is 6.54 Å². The molecule has 2 aromatic heterocycles. The third kappa shape index (κ3) is 4.29. The summed E-state index contributed by atoms with van der Waals surface area (Å²) < 4.78 is 0. The molecule has 0 saturated carbocycles. The maximum Gasteiger partial charge on any atom is 0.294 e. The van der Waals surface area contributed by atoms with Gasteiger partial charge in [-0.15, -0.1) is 22.7 Å². The quantitative estimate of drug-likeness (QED) is 0.740. The van der Waals surface area contributed by atoms with E-state index in [1.165, 1.54) is 35.1 Å². The summed E-state index contributed by atoms with van der Waals surface area (Å²) >= 11 is 3.04. The summed E-state index contributed by atoms with van der Waals surface area (Å²) in [5.41, 5.74) is 0. The van der Waals surface area contributed by atoms with Crippen molar-refractivity contribution >= 4 is 67.7 Å². The number of nitrogens with one attached hydrogen (secondary N) is 2. The first-order valence-electron chi connectivity index (χ1n) is 6.68. The van der Waals surface area contributed by atoms with Gasteiger partial charge < -0.3 is 5.32 Å². The Hall–Kier alpha value is -2.57. The highest BCUT2D eigenvalue weighted by atomic mass is 32.2. The molecule has 1 aliphatic heterocycles. The number of rotatable bonds is 5. The number of thiazole rings is 2. The second kappa shape index (κ2) is 7.55. The fourth-order valence-electron chi connectivity index (χ4n) is 1.77. The molecule has 0 aliphatic carbocycles. The van der Waals surface area contributed by atoms with E-state index in [9.17, 15) is 19.2 Å². The van der Waals surface area contributed by atoms with Gasteiger partial charge in [-0.2, -0.15) is 0 Å². The van der Waals surface area contributed by atoms with Crippen LogP contribution in [0.5, 0.6) is 0 Å². The molecule has 2 aromatic rings. The molecule has 0 unspecified atom stereocenters. The highest BCUT2D eigenvalue weighted by Gasteiger charge is 2.36. The molecule has 0 atom stereocenters. The maximum atomic E-state index is 12.2. The van der Waals surface area contributed by atoms with E-state index in [2.05, 4.69) is 20.6 Å². The molecule has 3 rings (SSSR count). The molecule has 1 saturated heterocycles. The van der Waals surface area contributed by atoms with Crippen molar-refractivity contribution in [2.45, 2.75) is 0 Å². The molecule has 4 amide bonds. The number of aromatic nitrogens is 2. The highest BCUT2D eigenvalue weighted by molar-refractivity contribution is 8.18. The van der Waals surface area contributed by atoms with Gasteiger partial charge in [-0.1, -0.05) is 0 Å². The van der Waals surface area contributed by atoms with Crippen LogP contribution in [0.25, 0.3) is 0 Å². The first-order valence-corrected chi connectivity index (χ1v) is 9.25. The van der Waals surface area contributed by atoms with Crippen LogP contribution >= 0.6 is 34.4 Å². The normalized spacial score (nSPS) is 15.7. The topological polar surface area (TPSA) is 121 Å². The third-order valence-electron chi connectivity index (χ3n) is 2.78. The lowest BCUT2D eigenvalue weighted by Gasteiger charge is -2.11. The van der Waals surface area contributed by atoms with Crippen molar-refractivity contribution < 1.29 is 19.2 Å². The predicted molar refractivity (Wildman–Crippen MR) is 94.3 cm³/mol. The number of carbonyl (C=O) groups excluding carboxylic acids is 4. The van der Waals surface area contributed by atoms with Gasteiger partial charge in [-0.05, 0) is 11.8 Å². The Kier molecular flexibility index (Phi) is 5.21. The molecule has 0 bridgehead atoms.